The molecule has 3 aromatic heterocycles. The van der Waals surface area contributed by atoms with E-state index in [0.717, 1.165) is 24.9 Å². The Morgan fingerprint density at radius 1 is 1.16 bits per heavy atom. The molecule has 160 valence electrons. The zero-order valence-corrected chi connectivity index (χ0v) is 18.1. The van der Waals surface area contributed by atoms with Crippen molar-refractivity contribution in [3.05, 3.63) is 76.7 Å². The summed E-state index contributed by atoms with van der Waals surface area (Å²) in [6.07, 6.45) is 8.84. The third-order valence-electron chi connectivity index (χ3n) is 5.55. The van der Waals surface area contributed by atoms with Crippen LogP contribution in [0.2, 0.25) is 0 Å². The first-order valence-corrected chi connectivity index (χ1v) is 10.6. The number of fused-ring (bicyclic) bond motifs is 2. The van der Waals surface area contributed by atoms with Gasteiger partial charge < -0.3 is 9.88 Å². The van der Waals surface area contributed by atoms with E-state index in [1.54, 1.807) is 30.9 Å². The van der Waals surface area contributed by atoms with Crippen LogP contribution in [0.3, 0.4) is 0 Å². The minimum Gasteiger partial charge on any atom is -0.350 e. The fourth-order valence-corrected chi connectivity index (χ4v) is 3.69. The molecule has 1 atom stereocenters. The van der Waals surface area contributed by atoms with E-state index in [1.165, 1.54) is 4.40 Å². The highest BCUT2D eigenvalue weighted by atomic mass is 16.2. The van der Waals surface area contributed by atoms with Gasteiger partial charge in [0, 0.05) is 31.2 Å². The summed E-state index contributed by atoms with van der Waals surface area (Å²) in [5.41, 5.74) is 2.56. The van der Waals surface area contributed by atoms with E-state index in [2.05, 4.69) is 29.1 Å². The summed E-state index contributed by atoms with van der Waals surface area (Å²) >= 11 is 0. The van der Waals surface area contributed by atoms with Crippen molar-refractivity contribution in [1.29, 1.82) is 0 Å². The summed E-state index contributed by atoms with van der Waals surface area (Å²) in [6, 6.07) is 9.24. The first-order valence-electron chi connectivity index (χ1n) is 10.6. The van der Waals surface area contributed by atoms with E-state index in [4.69, 9.17) is 0 Å². The fourth-order valence-electron chi connectivity index (χ4n) is 3.69. The molecule has 4 rings (SSSR count). The summed E-state index contributed by atoms with van der Waals surface area (Å²) < 4.78 is 3.48. The van der Waals surface area contributed by atoms with Gasteiger partial charge in [0.05, 0.1) is 22.8 Å². The molecule has 1 unspecified atom stereocenters. The van der Waals surface area contributed by atoms with Gasteiger partial charge in [-0.1, -0.05) is 19.9 Å². The van der Waals surface area contributed by atoms with E-state index in [0.29, 0.717) is 28.0 Å². The number of amides is 1. The molecule has 0 fully saturated rings. The van der Waals surface area contributed by atoms with Crippen LogP contribution in [-0.4, -0.2) is 30.9 Å². The smallest absolute Gasteiger partial charge is 0.265 e. The molecule has 0 saturated carbocycles. The van der Waals surface area contributed by atoms with Crippen molar-refractivity contribution in [3.8, 4) is 0 Å². The minimum absolute atomic E-state index is 0.0202. The predicted molar refractivity (Wildman–Crippen MR) is 121 cm³/mol. The van der Waals surface area contributed by atoms with Crippen LogP contribution in [0.1, 0.15) is 55.5 Å². The number of rotatable bonds is 7. The molecule has 0 spiro atoms. The number of aryl methyl sites for hydroxylation is 1. The van der Waals surface area contributed by atoms with Gasteiger partial charge in [0.15, 0.2) is 0 Å². The van der Waals surface area contributed by atoms with Gasteiger partial charge in [0.2, 0.25) is 0 Å². The highest BCUT2D eigenvalue weighted by Gasteiger charge is 2.13. The molecule has 7 heteroatoms. The molecule has 1 aromatic carbocycles. The maximum Gasteiger partial charge on any atom is 0.265 e. The fraction of sp³-hybridized carbons (Fsp3) is 0.333. The highest BCUT2D eigenvalue weighted by Crippen LogP contribution is 2.19. The Balaban J connectivity index is 1.53. The number of imidazole rings is 1. The van der Waals surface area contributed by atoms with Crippen LogP contribution in [0, 0.1) is 0 Å². The molecule has 0 saturated heterocycles. The predicted octanol–water partition coefficient (Wildman–Crippen LogP) is 3.77. The first-order chi connectivity index (χ1) is 14.9. The van der Waals surface area contributed by atoms with Crippen LogP contribution in [0.5, 0.6) is 0 Å². The Hall–Kier alpha value is -3.48. The lowest BCUT2D eigenvalue weighted by atomic mass is 10.0. The molecule has 1 amide bonds. The first kappa shape index (κ1) is 20.8. The topological polar surface area (TPSA) is 81.3 Å². The zero-order chi connectivity index (χ0) is 22.0. The van der Waals surface area contributed by atoms with Gasteiger partial charge in [-0.05, 0) is 55.5 Å². The lowest BCUT2D eigenvalue weighted by molar-refractivity contribution is 0.0937. The largest absolute Gasteiger partial charge is 0.350 e. The second kappa shape index (κ2) is 8.71. The molecule has 4 aromatic rings. The number of benzene rings is 1. The Morgan fingerprint density at radius 3 is 2.74 bits per heavy atom. The Morgan fingerprint density at radius 2 is 2.00 bits per heavy atom. The Bertz CT molecular complexity index is 1270. The molecular formula is C24H27N5O2. The second-order valence-corrected chi connectivity index (χ2v) is 8.31. The van der Waals surface area contributed by atoms with Gasteiger partial charge in [-0.3, -0.25) is 14.0 Å². The van der Waals surface area contributed by atoms with E-state index in [-0.39, 0.29) is 17.5 Å². The molecular weight excluding hydrogens is 390 g/mol. The zero-order valence-electron chi connectivity index (χ0n) is 18.1. The Labute approximate surface area is 180 Å². The van der Waals surface area contributed by atoms with Crippen LogP contribution in [0.4, 0.5) is 0 Å². The maximum atomic E-state index is 13.1. The number of aromatic nitrogens is 4. The molecule has 0 aliphatic rings. The number of carbonyl (C=O) groups is 1. The Kier molecular flexibility index (Phi) is 5.84. The summed E-state index contributed by atoms with van der Waals surface area (Å²) in [7, 11) is 0. The maximum absolute atomic E-state index is 13.1. The van der Waals surface area contributed by atoms with Gasteiger partial charge in [-0.2, -0.15) is 0 Å². The van der Waals surface area contributed by atoms with E-state index < -0.39 is 0 Å². The number of nitrogens with one attached hydrogen (secondary N) is 1. The van der Waals surface area contributed by atoms with Crippen molar-refractivity contribution in [2.24, 2.45) is 0 Å². The number of nitrogens with zero attached hydrogens (tertiary/aromatic N) is 4. The monoisotopic (exact) mass is 417 g/mol. The van der Waals surface area contributed by atoms with Crippen molar-refractivity contribution in [2.75, 3.05) is 0 Å². The number of hydrogen-bond donors (Lipinski definition) is 1. The van der Waals surface area contributed by atoms with E-state index in [9.17, 15) is 9.59 Å². The summed E-state index contributed by atoms with van der Waals surface area (Å²) in [4.78, 5) is 34.5. The van der Waals surface area contributed by atoms with E-state index in [1.807, 2.05) is 35.9 Å². The molecule has 31 heavy (non-hydrogen) atoms. The number of carbonyl (C=O) groups excluding carboxylic acids is 1. The van der Waals surface area contributed by atoms with Crippen molar-refractivity contribution in [3.63, 3.8) is 0 Å². The third kappa shape index (κ3) is 4.50. The lowest BCUT2D eigenvalue weighted by Crippen LogP contribution is -2.33. The van der Waals surface area contributed by atoms with Gasteiger partial charge in [0.25, 0.3) is 11.5 Å². The summed E-state index contributed by atoms with van der Waals surface area (Å²) in [5.74, 6) is 0.122. The van der Waals surface area contributed by atoms with Crippen LogP contribution < -0.4 is 10.9 Å². The van der Waals surface area contributed by atoms with Crippen LogP contribution >= 0.6 is 0 Å². The highest BCUT2D eigenvalue weighted by molar-refractivity contribution is 5.94. The van der Waals surface area contributed by atoms with Crippen molar-refractivity contribution < 1.29 is 4.79 Å². The quantitative estimate of drug-likeness (QED) is 0.464. The van der Waals surface area contributed by atoms with E-state index >= 15 is 0 Å². The third-order valence-corrected chi connectivity index (χ3v) is 5.55. The lowest BCUT2D eigenvalue weighted by Gasteiger charge is -2.14. The van der Waals surface area contributed by atoms with Crippen molar-refractivity contribution in [2.45, 2.75) is 52.1 Å². The second-order valence-electron chi connectivity index (χ2n) is 8.31. The van der Waals surface area contributed by atoms with Gasteiger partial charge >= 0.3 is 0 Å². The SMILES string of the molecule is CC(CCCn1ccnc1)NC(=O)c1ccc2nc3ccc(C(C)C)cc3c(=O)n2c1. The minimum atomic E-state index is -0.194. The molecule has 0 bridgehead atoms. The average molecular weight is 418 g/mol. The molecule has 3 heterocycles. The summed E-state index contributed by atoms with van der Waals surface area (Å²) in [5, 5.41) is 3.59. The van der Waals surface area contributed by atoms with Gasteiger partial charge in [-0.25, -0.2) is 9.97 Å². The normalized spacial score (nSPS) is 12.5. The van der Waals surface area contributed by atoms with Crippen LogP contribution in [-0.2, 0) is 6.54 Å². The molecule has 7 nitrogen and oxygen atoms in total. The number of hydrogen-bond acceptors (Lipinski definition) is 4. The molecule has 0 aliphatic carbocycles. The standard InChI is InChI=1S/C24H27N5O2/c1-16(2)18-6-8-21-20(13-18)24(31)29-14-19(7-9-22(29)27-21)23(30)26-17(3)5-4-11-28-12-10-25-15-28/h6-10,12-17H,4-5,11H2,1-3H3,(H,26,30). The number of pyridine rings is 1. The van der Waals surface area contributed by atoms with Crippen molar-refractivity contribution in [1.82, 2.24) is 24.3 Å². The van der Waals surface area contributed by atoms with Gasteiger partial charge in [-0.15, -0.1) is 0 Å². The molecule has 1 N–H and O–H groups in total. The molecule has 0 radical (unpaired) electrons. The average Bonchev–Trinajstić information content (AvgIpc) is 3.27. The van der Waals surface area contributed by atoms with Crippen molar-refractivity contribution >= 4 is 22.5 Å². The summed E-state index contributed by atoms with van der Waals surface area (Å²) in [6.45, 7) is 7.03. The van der Waals surface area contributed by atoms with Crippen LogP contribution in [0.25, 0.3) is 16.6 Å². The van der Waals surface area contributed by atoms with Crippen LogP contribution in [0.15, 0.2) is 60.0 Å². The van der Waals surface area contributed by atoms with Gasteiger partial charge in [0.1, 0.15) is 5.65 Å². The molecule has 0 aliphatic heterocycles.